The minimum absolute atomic E-state index is 0.00321. The van der Waals surface area contributed by atoms with E-state index in [9.17, 15) is 18.7 Å². The first-order valence-corrected chi connectivity index (χ1v) is 7.75. The van der Waals surface area contributed by atoms with Crippen LogP contribution in [0.5, 0.6) is 0 Å². The lowest BCUT2D eigenvalue weighted by Crippen LogP contribution is -2.47. The van der Waals surface area contributed by atoms with Gasteiger partial charge in [-0.25, -0.2) is 13.6 Å². The van der Waals surface area contributed by atoms with E-state index in [2.05, 4.69) is 10.6 Å². The third-order valence-corrected chi connectivity index (χ3v) is 4.28. The maximum atomic E-state index is 13.5. The summed E-state index contributed by atoms with van der Waals surface area (Å²) in [7, 11) is 0. The fourth-order valence-electron chi connectivity index (χ4n) is 2.95. The Morgan fingerprint density at radius 1 is 1.08 bits per heavy atom. The molecule has 24 heavy (non-hydrogen) atoms. The molecular weight excluding hydrogens is 314 g/mol. The third kappa shape index (κ3) is 3.54. The molecule has 0 aromatic heterocycles. The summed E-state index contributed by atoms with van der Waals surface area (Å²) in [5.41, 5.74) is 0.670. The van der Waals surface area contributed by atoms with Crippen LogP contribution < -0.4 is 10.6 Å². The second-order valence-corrected chi connectivity index (χ2v) is 6.07. The van der Waals surface area contributed by atoms with Crippen molar-refractivity contribution >= 4 is 11.7 Å². The van der Waals surface area contributed by atoms with Crippen LogP contribution in [0, 0.1) is 11.6 Å². The number of aliphatic hydroxyl groups is 1. The maximum absolute atomic E-state index is 13.5. The van der Waals surface area contributed by atoms with Gasteiger partial charge in [-0.05, 0) is 36.1 Å². The summed E-state index contributed by atoms with van der Waals surface area (Å²) in [5.74, 6) is -1.70. The van der Waals surface area contributed by atoms with Crippen LogP contribution in [-0.2, 0) is 12.8 Å². The molecule has 126 valence electrons. The quantitative estimate of drug-likeness (QED) is 0.809. The van der Waals surface area contributed by atoms with Gasteiger partial charge in [0.25, 0.3) is 0 Å². The normalized spacial score (nSPS) is 19.5. The van der Waals surface area contributed by atoms with Gasteiger partial charge < -0.3 is 15.7 Å². The summed E-state index contributed by atoms with van der Waals surface area (Å²) in [6.07, 6.45) is 1.66. The molecule has 3 N–H and O–H groups in total. The van der Waals surface area contributed by atoms with E-state index < -0.39 is 29.0 Å². The van der Waals surface area contributed by atoms with Crippen molar-refractivity contribution in [1.82, 2.24) is 5.32 Å². The zero-order valence-electron chi connectivity index (χ0n) is 13.0. The van der Waals surface area contributed by atoms with Crippen LogP contribution in [0.25, 0.3) is 0 Å². The SMILES string of the molecule is O=C(NCC1(O)CCc2ccccc2C1)Nc1c(F)cccc1F. The molecule has 3 rings (SSSR count). The predicted octanol–water partition coefficient (Wildman–Crippen LogP) is 3.01. The van der Waals surface area contributed by atoms with Crippen molar-refractivity contribution in [3.8, 4) is 0 Å². The first-order valence-electron chi connectivity index (χ1n) is 7.75. The number of para-hydroxylation sites is 1. The number of rotatable bonds is 3. The Balaban J connectivity index is 1.60. The van der Waals surface area contributed by atoms with E-state index >= 15 is 0 Å². The van der Waals surface area contributed by atoms with Crippen LogP contribution in [0.4, 0.5) is 19.3 Å². The molecule has 0 aliphatic heterocycles. The second-order valence-electron chi connectivity index (χ2n) is 6.07. The first-order chi connectivity index (χ1) is 11.5. The third-order valence-electron chi connectivity index (χ3n) is 4.28. The van der Waals surface area contributed by atoms with Crippen LogP contribution in [0.1, 0.15) is 17.5 Å². The number of anilines is 1. The van der Waals surface area contributed by atoms with Gasteiger partial charge in [0.2, 0.25) is 0 Å². The predicted molar refractivity (Wildman–Crippen MR) is 86.8 cm³/mol. The molecule has 0 saturated heterocycles. The van der Waals surface area contributed by atoms with Gasteiger partial charge in [-0.2, -0.15) is 0 Å². The smallest absolute Gasteiger partial charge is 0.319 e. The van der Waals surface area contributed by atoms with E-state index in [1.165, 1.54) is 11.6 Å². The van der Waals surface area contributed by atoms with E-state index in [1.807, 2.05) is 24.3 Å². The molecule has 0 spiro atoms. The molecule has 1 aliphatic rings. The van der Waals surface area contributed by atoms with Crippen LogP contribution in [0.2, 0.25) is 0 Å². The van der Waals surface area contributed by atoms with Crippen molar-refractivity contribution in [2.75, 3.05) is 11.9 Å². The minimum atomic E-state index is -1.07. The summed E-state index contributed by atoms with van der Waals surface area (Å²) in [4.78, 5) is 11.9. The monoisotopic (exact) mass is 332 g/mol. The number of aryl methyl sites for hydroxylation is 1. The molecule has 1 aliphatic carbocycles. The maximum Gasteiger partial charge on any atom is 0.319 e. The molecule has 4 nitrogen and oxygen atoms in total. The van der Waals surface area contributed by atoms with E-state index in [-0.39, 0.29) is 6.54 Å². The Labute approximate surface area is 138 Å². The van der Waals surface area contributed by atoms with Gasteiger partial charge in [-0.3, -0.25) is 0 Å². The Morgan fingerprint density at radius 3 is 2.46 bits per heavy atom. The largest absolute Gasteiger partial charge is 0.388 e. The number of benzene rings is 2. The molecule has 0 radical (unpaired) electrons. The van der Waals surface area contributed by atoms with Gasteiger partial charge in [-0.15, -0.1) is 0 Å². The Bertz CT molecular complexity index is 746. The van der Waals surface area contributed by atoms with Gasteiger partial charge in [0.05, 0.1) is 5.60 Å². The summed E-state index contributed by atoms with van der Waals surface area (Å²) < 4.78 is 27.0. The van der Waals surface area contributed by atoms with E-state index in [0.29, 0.717) is 12.8 Å². The topological polar surface area (TPSA) is 61.4 Å². The summed E-state index contributed by atoms with van der Waals surface area (Å²) in [6.45, 7) is 0.00321. The zero-order valence-corrected chi connectivity index (χ0v) is 13.0. The number of hydrogen-bond donors (Lipinski definition) is 3. The van der Waals surface area contributed by atoms with Crippen molar-refractivity contribution in [3.63, 3.8) is 0 Å². The van der Waals surface area contributed by atoms with Crippen molar-refractivity contribution < 1.29 is 18.7 Å². The average Bonchev–Trinajstić information content (AvgIpc) is 2.56. The minimum Gasteiger partial charge on any atom is -0.388 e. The second kappa shape index (κ2) is 6.57. The number of amides is 2. The van der Waals surface area contributed by atoms with Crippen molar-refractivity contribution in [1.29, 1.82) is 0 Å². The van der Waals surface area contributed by atoms with Crippen LogP contribution in [-0.4, -0.2) is 23.3 Å². The summed E-state index contributed by atoms with van der Waals surface area (Å²) in [6, 6.07) is 10.4. The zero-order chi connectivity index (χ0) is 17.2. The lowest BCUT2D eigenvalue weighted by atomic mass is 9.80. The standard InChI is InChI=1S/C18H18F2N2O2/c19-14-6-3-7-15(20)16(14)22-17(23)21-11-18(24)9-8-12-4-1-2-5-13(12)10-18/h1-7,24H,8-11H2,(H2,21,22,23). The number of fused-ring (bicyclic) bond motifs is 1. The Kier molecular flexibility index (Phi) is 4.49. The highest BCUT2D eigenvalue weighted by atomic mass is 19.1. The van der Waals surface area contributed by atoms with Gasteiger partial charge in [-0.1, -0.05) is 30.3 Å². The molecule has 0 bridgehead atoms. The lowest BCUT2D eigenvalue weighted by molar-refractivity contribution is 0.0295. The highest BCUT2D eigenvalue weighted by Crippen LogP contribution is 2.28. The van der Waals surface area contributed by atoms with Crippen LogP contribution in [0.15, 0.2) is 42.5 Å². The van der Waals surface area contributed by atoms with Gasteiger partial charge in [0, 0.05) is 13.0 Å². The number of hydrogen-bond acceptors (Lipinski definition) is 2. The molecule has 6 heteroatoms. The van der Waals surface area contributed by atoms with Crippen molar-refractivity contribution in [2.45, 2.75) is 24.9 Å². The number of urea groups is 1. The lowest BCUT2D eigenvalue weighted by Gasteiger charge is -2.33. The highest BCUT2D eigenvalue weighted by Gasteiger charge is 2.32. The van der Waals surface area contributed by atoms with Crippen LogP contribution in [0.3, 0.4) is 0 Å². The number of carbonyl (C=O) groups excluding carboxylic acids is 1. The molecule has 0 heterocycles. The molecule has 0 fully saturated rings. The van der Waals surface area contributed by atoms with E-state index in [0.717, 1.165) is 24.1 Å². The van der Waals surface area contributed by atoms with E-state index in [4.69, 9.17) is 0 Å². The number of carbonyl (C=O) groups is 1. The molecule has 2 aromatic carbocycles. The summed E-state index contributed by atoms with van der Waals surface area (Å²) >= 11 is 0. The van der Waals surface area contributed by atoms with Crippen molar-refractivity contribution in [3.05, 3.63) is 65.2 Å². The van der Waals surface area contributed by atoms with Crippen molar-refractivity contribution in [2.24, 2.45) is 0 Å². The molecule has 1 atom stereocenters. The Morgan fingerprint density at radius 2 is 1.75 bits per heavy atom. The molecule has 1 unspecified atom stereocenters. The number of nitrogens with one attached hydrogen (secondary N) is 2. The molecule has 2 amide bonds. The summed E-state index contributed by atoms with van der Waals surface area (Å²) in [5, 5.41) is 15.3. The number of halogens is 2. The van der Waals surface area contributed by atoms with Gasteiger partial charge in [0.1, 0.15) is 17.3 Å². The fourth-order valence-corrected chi connectivity index (χ4v) is 2.95. The fraction of sp³-hybridized carbons (Fsp3) is 0.278. The van der Waals surface area contributed by atoms with E-state index in [1.54, 1.807) is 0 Å². The average molecular weight is 332 g/mol. The molecule has 0 saturated carbocycles. The van der Waals surface area contributed by atoms with Gasteiger partial charge >= 0.3 is 6.03 Å². The highest BCUT2D eigenvalue weighted by molar-refractivity contribution is 5.89. The molecule has 2 aromatic rings. The molecular formula is C18H18F2N2O2. The van der Waals surface area contributed by atoms with Gasteiger partial charge in [0.15, 0.2) is 0 Å². The first kappa shape index (κ1) is 16.4. The van der Waals surface area contributed by atoms with Crippen LogP contribution >= 0.6 is 0 Å². The Hall–Kier alpha value is -2.47.